The fraction of sp³-hybridized carbons (Fsp3) is 0.364. The molecule has 2 amide bonds. The second-order valence-electron chi connectivity index (χ2n) is 7.21. The summed E-state index contributed by atoms with van der Waals surface area (Å²) in [5, 5.41) is 5.79. The maximum atomic E-state index is 12.4. The van der Waals surface area contributed by atoms with Gasteiger partial charge in [0.2, 0.25) is 5.91 Å². The Morgan fingerprint density at radius 1 is 1.14 bits per heavy atom. The van der Waals surface area contributed by atoms with Gasteiger partial charge in [-0.25, -0.2) is 0 Å². The first-order valence-corrected chi connectivity index (χ1v) is 9.61. The summed E-state index contributed by atoms with van der Waals surface area (Å²) in [5.41, 5.74) is 9.39. The number of hydrogen-bond acceptors (Lipinski definition) is 4. The standard InChI is InChI=1S/C22H27N3O3/c1-15-5-7-18(8-6-15)21(26)25-19-4-2-3-16(13-19)14-24-22(27)20(23)17-9-11-28-12-10-17/h2-8,13,17,20H,9-12,14,23H2,1H3,(H,24,27)(H,25,26). The van der Waals surface area contributed by atoms with Crippen LogP contribution in [0.4, 0.5) is 5.69 Å². The van der Waals surface area contributed by atoms with Crippen LogP contribution in [0.3, 0.4) is 0 Å². The van der Waals surface area contributed by atoms with Crippen LogP contribution in [0.2, 0.25) is 0 Å². The predicted octanol–water partition coefficient (Wildman–Crippen LogP) is 2.62. The fourth-order valence-electron chi connectivity index (χ4n) is 3.26. The van der Waals surface area contributed by atoms with E-state index in [1.165, 1.54) is 0 Å². The van der Waals surface area contributed by atoms with Gasteiger partial charge in [-0.05, 0) is 55.5 Å². The van der Waals surface area contributed by atoms with Crippen LogP contribution in [0.15, 0.2) is 48.5 Å². The van der Waals surface area contributed by atoms with E-state index in [9.17, 15) is 9.59 Å². The smallest absolute Gasteiger partial charge is 0.255 e. The molecule has 3 rings (SSSR count). The van der Waals surface area contributed by atoms with E-state index in [1.807, 2.05) is 43.3 Å². The first-order valence-electron chi connectivity index (χ1n) is 9.61. The van der Waals surface area contributed by atoms with Gasteiger partial charge in [-0.2, -0.15) is 0 Å². The Kier molecular flexibility index (Phi) is 6.79. The van der Waals surface area contributed by atoms with Crippen molar-refractivity contribution >= 4 is 17.5 Å². The van der Waals surface area contributed by atoms with Crippen molar-refractivity contribution in [3.05, 3.63) is 65.2 Å². The molecule has 2 aromatic carbocycles. The van der Waals surface area contributed by atoms with Crippen LogP contribution in [-0.4, -0.2) is 31.1 Å². The molecule has 6 nitrogen and oxygen atoms in total. The summed E-state index contributed by atoms with van der Waals surface area (Å²) < 4.78 is 5.32. The molecule has 1 fully saturated rings. The van der Waals surface area contributed by atoms with Gasteiger partial charge in [0.05, 0.1) is 6.04 Å². The van der Waals surface area contributed by atoms with E-state index in [0.29, 0.717) is 31.0 Å². The number of ether oxygens (including phenoxy) is 1. The number of benzene rings is 2. The van der Waals surface area contributed by atoms with Crippen LogP contribution in [0, 0.1) is 12.8 Å². The van der Waals surface area contributed by atoms with E-state index < -0.39 is 6.04 Å². The monoisotopic (exact) mass is 381 g/mol. The zero-order valence-corrected chi connectivity index (χ0v) is 16.1. The predicted molar refractivity (Wildman–Crippen MR) is 109 cm³/mol. The van der Waals surface area contributed by atoms with Gasteiger partial charge < -0.3 is 21.1 Å². The molecule has 1 aliphatic rings. The normalized spacial score (nSPS) is 15.6. The Balaban J connectivity index is 1.54. The largest absolute Gasteiger partial charge is 0.381 e. The number of hydrogen-bond donors (Lipinski definition) is 3. The number of carbonyl (C=O) groups excluding carboxylic acids is 2. The Morgan fingerprint density at radius 2 is 1.86 bits per heavy atom. The minimum absolute atomic E-state index is 0.152. The van der Waals surface area contributed by atoms with Gasteiger partial charge in [0, 0.05) is 31.0 Å². The SMILES string of the molecule is Cc1ccc(C(=O)Nc2cccc(CNC(=O)C(N)C3CCOCC3)c2)cc1. The lowest BCUT2D eigenvalue weighted by Gasteiger charge is -2.26. The van der Waals surface area contributed by atoms with Crippen LogP contribution in [0.1, 0.15) is 34.3 Å². The molecule has 1 aliphatic heterocycles. The zero-order valence-electron chi connectivity index (χ0n) is 16.1. The average molecular weight is 381 g/mol. The van der Waals surface area contributed by atoms with E-state index in [2.05, 4.69) is 10.6 Å². The molecular weight excluding hydrogens is 354 g/mol. The zero-order chi connectivity index (χ0) is 19.9. The van der Waals surface area contributed by atoms with Gasteiger partial charge in [-0.1, -0.05) is 29.8 Å². The number of anilines is 1. The van der Waals surface area contributed by atoms with Crippen molar-refractivity contribution in [1.82, 2.24) is 5.32 Å². The molecule has 0 aromatic heterocycles. The summed E-state index contributed by atoms with van der Waals surface area (Å²) in [6.07, 6.45) is 1.63. The Labute approximate surface area is 165 Å². The van der Waals surface area contributed by atoms with Gasteiger partial charge in [-0.15, -0.1) is 0 Å². The molecule has 0 aliphatic carbocycles. The molecule has 28 heavy (non-hydrogen) atoms. The summed E-state index contributed by atoms with van der Waals surface area (Å²) in [5.74, 6) is -0.155. The third-order valence-electron chi connectivity index (χ3n) is 5.04. The van der Waals surface area contributed by atoms with Crippen LogP contribution in [-0.2, 0) is 16.1 Å². The van der Waals surface area contributed by atoms with Crippen LogP contribution < -0.4 is 16.4 Å². The molecule has 148 valence electrons. The molecule has 1 heterocycles. The highest BCUT2D eigenvalue weighted by molar-refractivity contribution is 6.04. The summed E-state index contributed by atoms with van der Waals surface area (Å²) in [7, 11) is 0. The van der Waals surface area contributed by atoms with Crippen LogP contribution in [0.25, 0.3) is 0 Å². The minimum atomic E-state index is -0.520. The molecule has 1 unspecified atom stereocenters. The van der Waals surface area contributed by atoms with Crippen molar-refractivity contribution in [3.8, 4) is 0 Å². The third-order valence-corrected chi connectivity index (χ3v) is 5.04. The molecule has 0 radical (unpaired) electrons. The minimum Gasteiger partial charge on any atom is -0.381 e. The van der Waals surface area contributed by atoms with E-state index in [4.69, 9.17) is 10.5 Å². The summed E-state index contributed by atoms with van der Waals surface area (Å²) in [6, 6.07) is 14.3. The molecule has 0 bridgehead atoms. The van der Waals surface area contributed by atoms with Crippen molar-refractivity contribution in [2.45, 2.75) is 32.4 Å². The van der Waals surface area contributed by atoms with E-state index in [-0.39, 0.29) is 17.7 Å². The van der Waals surface area contributed by atoms with Crippen LogP contribution >= 0.6 is 0 Å². The fourth-order valence-corrected chi connectivity index (χ4v) is 3.26. The number of carbonyl (C=O) groups is 2. The molecule has 6 heteroatoms. The van der Waals surface area contributed by atoms with Crippen molar-refractivity contribution in [2.24, 2.45) is 11.7 Å². The average Bonchev–Trinajstić information content (AvgIpc) is 2.73. The van der Waals surface area contributed by atoms with Crippen molar-refractivity contribution in [1.29, 1.82) is 0 Å². The lowest BCUT2D eigenvalue weighted by molar-refractivity contribution is -0.124. The summed E-state index contributed by atoms with van der Waals surface area (Å²) in [6.45, 7) is 3.67. The highest BCUT2D eigenvalue weighted by Crippen LogP contribution is 2.18. The second kappa shape index (κ2) is 9.48. The number of rotatable bonds is 6. The van der Waals surface area contributed by atoms with E-state index in [1.54, 1.807) is 12.1 Å². The van der Waals surface area contributed by atoms with Gasteiger partial charge in [-0.3, -0.25) is 9.59 Å². The Bertz CT molecular complexity index is 814. The van der Waals surface area contributed by atoms with E-state index >= 15 is 0 Å². The molecule has 1 atom stereocenters. The summed E-state index contributed by atoms with van der Waals surface area (Å²) >= 11 is 0. The molecule has 0 spiro atoms. The summed E-state index contributed by atoms with van der Waals surface area (Å²) in [4.78, 5) is 24.7. The van der Waals surface area contributed by atoms with E-state index in [0.717, 1.165) is 24.0 Å². The number of nitrogens with one attached hydrogen (secondary N) is 2. The first-order chi connectivity index (χ1) is 13.5. The lowest BCUT2D eigenvalue weighted by Crippen LogP contribution is -2.46. The highest BCUT2D eigenvalue weighted by atomic mass is 16.5. The number of aryl methyl sites for hydroxylation is 1. The molecule has 4 N–H and O–H groups in total. The van der Waals surface area contributed by atoms with Gasteiger partial charge in [0.25, 0.3) is 5.91 Å². The van der Waals surface area contributed by atoms with Crippen molar-refractivity contribution in [2.75, 3.05) is 18.5 Å². The number of nitrogens with two attached hydrogens (primary N) is 1. The third kappa shape index (κ3) is 5.41. The lowest BCUT2D eigenvalue weighted by atomic mass is 9.92. The maximum absolute atomic E-state index is 12.4. The molecule has 1 saturated heterocycles. The molecule has 2 aromatic rings. The Hall–Kier alpha value is -2.70. The van der Waals surface area contributed by atoms with Gasteiger partial charge in [0.1, 0.15) is 0 Å². The van der Waals surface area contributed by atoms with Gasteiger partial charge >= 0.3 is 0 Å². The van der Waals surface area contributed by atoms with Crippen LogP contribution in [0.5, 0.6) is 0 Å². The van der Waals surface area contributed by atoms with Gasteiger partial charge in [0.15, 0.2) is 0 Å². The maximum Gasteiger partial charge on any atom is 0.255 e. The van der Waals surface area contributed by atoms with Crippen molar-refractivity contribution in [3.63, 3.8) is 0 Å². The topological polar surface area (TPSA) is 93.5 Å². The second-order valence-corrected chi connectivity index (χ2v) is 7.21. The molecule has 0 saturated carbocycles. The molecular formula is C22H27N3O3. The van der Waals surface area contributed by atoms with Crippen molar-refractivity contribution < 1.29 is 14.3 Å². The quantitative estimate of drug-likeness (QED) is 0.717. The Morgan fingerprint density at radius 3 is 2.57 bits per heavy atom. The highest BCUT2D eigenvalue weighted by Gasteiger charge is 2.26. The number of amides is 2. The first kappa shape index (κ1) is 20.0.